The Balaban J connectivity index is 1.63. The van der Waals surface area contributed by atoms with Crippen LogP contribution >= 0.6 is 0 Å². The van der Waals surface area contributed by atoms with Gasteiger partial charge >= 0.3 is 0 Å². The van der Waals surface area contributed by atoms with Crippen LogP contribution in [0.3, 0.4) is 0 Å². The quantitative estimate of drug-likeness (QED) is 0.683. The Morgan fingerprint density at radius 3 is 2.69 bits per heavy atom. The summed E-state index contributed by atoms with van der Waals surface area (Å²) in [6.07, 6.45) is 11.2. The van der Waals surface area contributed by atoms with Crippen LogP contribution in [0.2, 0.25) is 0 Å². The fourth-order valence-corrected chi connectivity index (χ4v) is 4.76. The average Bonchev–Trinajstić information content (AvgIpc) is 2.72. The van der Waals surface area contributed by atoms with Crippen LogP contribution in [-0.2, 0) is 24.1 Å². The fourth-order valence-electron chi connectivity index (χ4n) is 4.76. The highest BCUT2D eigenvalue weighted by Crippen LogP contribution is 2.34. The number of hydrogen-bond acceptors (Lipinski definition) is 3. The molecule has 0 unspecified atom stereocenters. The van der Waals surface area contributed by atoms with Gasteiger partial charge < -0.3 is 5.32 Å². The SMILES string of the molecule is CC(C)CC(=O)Nc1nc2c(nc1CCC1CCCCC1)-c1ccccc1CC2. The number of hydrogen-bond donors (Lipinski definition) is 1. The lowest BCUT2D eigenvalue weighted by molar-refractivity contribution is -0.116. The van der Waals surface area contributed by atoms with Gasteiger partial charge in [-0.2, -0.15) is 0 Å². The molecule has 1 aromatic carbocycles. The highest BCUT2D eigenvalue weighted by molar-refractivity contribution is 5.90. The lowest BCUT2D eigenvalue weighted by atomic mass is 9.85. The predicted molar refractivity (Wildman–Crippen MR) is 118 cm³/mol. The van der Waals surface area contributed by atoms with Gasteiger partial charge in [0, 0.05) is 12.0 Å². The molecule has 1 amide bonds. The zero-order valence-electron chi connectivity index (χ0n) is 17.8. The number of nitrogens with one attached hydrogen (secondary N) is 1. The summed E-state index contributed by atoms with van der Waals surface area (Å²) in [6.45, 7) is 4.14. The van der Waals surface area contributed by atoms with Crippen LogP contribution in [-0.4, -0.2) is 15.9 Å². The molecule has 1 saturated carbocycles. The first kappa shape index (κ1) is 20.1. The minimum absolute atomic E-state index is 0.0457. The molecule has 4 heteroatoms. The number of aromatic nitrogens is 2. The molecular formula is C25H33N3O. The van der Waals surface area contributed by atoms with Crippen LogP contribution in [0.15, 0.2) is 24.3 Å². The van der Waals surface area contributed by atoms with Gasteiger partial charge in [-0.1, -0.05) is 70.2 Å². The second kappa shape index (κ2) is 9.06. The van der Waals surface area contributed by atoms with E-state index in [0.717, 1.165) is 48.7 Å². The van der Waals surface area contributed by atoms with Gasteiger partial charge in [0.1, 0.15) is 0 Å². The van der Waals surface area contributed by atoms with Crippen molar-refractivity contribution < 1.29 is 4.79 Å². The number of benzene rings is 1. The van der Waals surface area contributed by atoms with Crippen molar-refractivity contribution in [1.82, 2.24) is 9.97 Å². The molecule has 2 aliphatic rings. The predicted octanol–water partition coefficient (Wildman–Crippen LogP) is 5.74. The van der Waals surface area contributed by atoms with E-state index in [-0.39, 0.29) is 5.91 Å². The summed E-state index contributed by atoms with van der Waals surface area (Å²) >= 11 is 0. The molecular weight excluding hydrogens is 358 g/mol. The summed E-state index contributed by atoms with van der Waals surface area (Å²) in [7, 11) is 0. The summed E-state index contributed by atoms with van der Waals surface area (Å²) in [5.74, 6) is 1.86. The molecule has 1 heterocycles. The van der Waals surface area contributed by atoms with Gasteiger partial charge in [-0.05, 0) is 43.1 Å². The van der Waals surface area contributed by atoms with E-state index in [1.165, 1.54) is 43.2 Å². The number of amides is 1. The van der Waals surface area contributed by atoms with Gasteiger partial charge in [-0.15, -0.1) is 0 Å². The number of anilines is 1. The Hall–Kier alpha value is -2.23. The second-order valence-corrected chi connectivity index (χ2v) is 9.16. The molecule has 0 atom stereocenters. The van der Waals surface area contributed by atoms with Crippen molar-refractivity contribution in [2.75, 3.05) is 5.32 Å². The minimum atomic E-state index is 0.0457. The maximum absolute atomic E-state index is 12.5. The normalized spacial score (nSPS) is 16.4. The molecule has 0 radical (unpaired) electrons. The Morgan fingerprint density at radius 2 is 1.90 bits per heavy atom. The van der Waals surface area contributed by atoms with Crippen molar-refractivity contribution in [3.63, 3.8) is 0 Å². The van der Waals surface area contributed by atoms with Crippen LogP contribution < -0.4 is 5.32 Å². The molecule has 2 aromatic rings. The first-order valence-electron chi connectivity index (χ1n) is 11.4. The number of rotatable bonds is 6. The first-order chi connectivity index (χ1) is 14.1. The molecule has 1 aromatic heterocycles. The summed E-state index contributed by atoms with van der Waals surface area (Å²) < 4.78 is 0. The van der Waals surface area contributed by atoms with Gasteiger partial charge in [0.15, 0.2) is 5.82 Å². The third-order valence-corrected chi connectivity index (χ3v) is 6.31. The Morgan fingerprint density at radius 1 is 1.10 bits per heavy atom. The van der Waals surface area contributed by atoms with Crippen molar-refractivity contribution in [3.05, 3.63) is 41.2 Å². The zero-order chi connectivity index (χ0) is 20.2. The van der Waals surface area contributed by atoms with E-state index in [1.807, 2.05) is 0 Å². The highest BCUT2D eigenvalue weighted by Gasteiger charge is 2.23. The second-order valence-electron chi connectivity index (χ2n) is 9.16. The van der Waals surface area contributed by atoms with Gasteiger partial charge in [-0.25, -0.2) is 9.97 Å². The Labute approximate surface area is 174 Å². The van der Waals surface area contributed by atoms with E-state index in [1.54, 1.807) is 0 Å². The van der Waals surface area contributed by atoms with Gasteiger partial charge in [0.2, 0.25) is 5.91 Å². The van der Waals surface area contributed by atoms with Crippen LogP contribution in [0.1, 0.15) is 75.7 Å². The topological polar surface area (TPSA) is 54.9 Å². The first-order valence-corrected chi connectivity index (χ1v) is 11.4. The molecule has 1 fully saturated rings. The molecule has 0 saturated heterocycles. The summed E-state index contributed by atoms with van der Waals surface area (Å²) in [6, 6.07) is 8.53. The molecule has 0 spiro atoms. The fraction of sp³-hybridized carbons (Fsp3) is 0.560. The van der Waals surface area contributed by atoms with Crippen LogP contribution in [0.5, 0.6) is 0 Å². The van der Waals surface area contributed by atoms with Crippen molar-refractivity contribution in [2.45, 2.75) is 78.1 Å². The molecule has 154 valence electrons. The summed E-state index contributed by atoms with van der Waals surface area (Å²) in [5.41, 5.74) is 5.56. The van der Waals surface area contributed by atoms with Gasteiger partial charge in [-0.3, -0.25) is 4.79 Å². The largest absolute Gasteiger partial charge is 0.309 e. The van der Waals surface area contributed by atoms with E-state index in [0.29, 0.717) is 18.2 Å². The molecule has 1 N–H and O–H groups in total. The highest BCUT2D eigenvalue weighted by atomic mass is 16.1. The smallest absolute Gasteiger partial charge is 0.225 e. The standard InChI is InChI=1S/C25H33N3O/c1-17(2)16-23(29)28-25-22(14-12-18-8-4-3-5-9-18)26-24-20-11-7-6-10-19(20)13-15-21(24)27-25/h6-7,10-11,17-18H,3-5,8-9,12-16H2,1-2H3,(H,27,28,29). The third-order valence-electron chi connectivity index (χ3n) is 6.31. The minimum Gasteiger partial charge on any atom is -0.309 e. The number of fused-ring (bicyclic) bond motifs is 3. The maximum atomic E-state index is 12.5. The molecule has 0 aliphatic heterocycles. The maximum Gasteiger partial charge on any atom is 0.225 e. The van der Waals surface area contributed by atoms with E-state index < -0.39 is 0 Å². The van der Waals surface area contributed by atoms with Crippen LogP contribution in [0.4, 0.5) is 5.82 Å². The summed E-state index contributed by atoms with van der Waals surface area (Å²) in [5, 5.41) is 3.09. The molecule has 4 rings (SSSR count). The van der Waals surface area contributed by atoms with E-state index in [2.05, 4.69) is 43.4 Å². The lowest BCUT2D eigenvalue weighted by Gasteiger charge is -2.23. The zero-order valence-corrected chi connectivity index (χ0v) is 17.8. The summed E-state index contributed by atoms with van der Waals surface area (Å²) in [4.78, 5) is 22.5. The van der Waals surface area contributed by atoms with Crippen molar-refractivity contribution in [2.24, 2.45) is 11.8 Å². The average molecular weight is 392 g/mol. The number of carbonyl (C=O) groups is 1. The van der Waals surface area contributed by atoms with E-state index >= 15 is 0 Å². The third kappa shape index (κ3) is 4.85. The van der Waals surface area contributed by atoms with Crippen molar-refractivity contribution >= 4 is 11.7 Å². The van der Waals surface area contributed by atoms with Crippen LogP contribution in [0.25, 0.3) is 11.3 Å². The number of aryl methyl sites for hydroxylation is 3. The number of carbonyl (C=O) groups excluding carboxylic acids is 1. The molecule has 2 aliphatic carbocycles. The van der Waals surface area contributed by atoms with Gasteiger partial charge in [0.25, 0.3) is 0 Å². The van der Waals surface area contributed by atoms with Crippen molar-refractivity contribution in [1.29, 1.82) is 0 Å². The van der Waals surface area contributed by atoms with Crippen LogP contribution in [0, 0.1) is 11.8 Å². The Bertz CT molecular complexity index is 868. The van der Waals surface area contributed by atoms with Gasteiger partial charge in [0.05, 0.1) is 17.1 Å². The van der Waals surface area contributed by atoms with E-state index in [4.69, 9.17) is 9.97 Å². The monoisotopic (exact) mass is 391 g/mol. The van der Waals surface area contributed by atoms with E-state index in [9.17, 15) is 4.79 Å². The lowest BCUT2D eigenvalue weighted by Crippen LogP contribution is -2.20. The molecule has 4 nitrogen and oxygen atoms in total. The molecule has 0 bridgehead atoms. The van der Waals surface area contributed by atoms with Crippen molar-refractivity contribution in [3.8, 4) is 11.3 Å². The number of nitrogens with zero attached hydrogens (tertiary/aromatic N) is 2. The Kier molecular flexibility index (Phi) is 6.27. The molecule has 29 heavy (non-hydrogen) atoms.